The largest absolute Gasteiger partial charge is 0.493 e. The topological polar surface area (TPSA) is 103 Å². The van der Waals surface area contributed by atoms with Crippen molar-refractivity contribution in [3.8, 4) is 11.5 Å². The Morgan fingerprint density at radius 2 is 1.83 bits per heavy atom. The van der Waals surface area contributed by atoms with Crippen LogP contribution in [-0.4, -0.2) is 44.8 Å². The van der Waals surface area contributed by atoms with Crippen LogP contribution in [0.25, 0.3) is 6.08 Å². The maximum atomic E-state index is 11.9. The number of urea groups is 1. The smallest absolute Gasteiger partial charge is 0.331 e. The number of carbonyl (C=O) groups excluding carboxylic acids is 3. The molecule has 8 nitrogen and oxygen atoms in total. The van der Waals surface area contributed by atoms with Gasteiger partial charge in [0.2, 0.25) is 0 Å². The molecule has 2 atom stereocenters. The van der Waals surface area contributed by atoms with Crippen LogP contribution >= 0.6 is 0 Å². The summed E-state index contributed by atoms with van der Waals surface area (Å²) in [5.41, 5.74) is 0.699. The van der Waals surface area contributed by atoms with E-state index >= 15 is 0 Å². The number of hydrogen-bond acceptors (Lipinski definition) is 6. The van der Waals surface area contributed by atoms with Gasteiger partial charge in [0.25, 0.3) is 5.91 Å². The Labute approximate surface area is 170 Å². The molecule has 0 aromatic heterocycles. The summed E-state index contributed by atoms with van der Waals surface area (Å²) >= 11 is 0. The van der Waals surface area contributed by atoms with Crippen molar-refractivity contribution in [2.45, 2.75) is 38.6 Å². The predicted octanol–water partition coefficient (Wildman–Crippen LogP) is 2.66. The standard InChI is InChI=1S/C21H28N2O6/c1-14-6-4-5-7-16(14)22-21(26)23-19(24)13-29-20(25)11-9-15-8-10-17(27-2)18(12-15)28-3/h8-12,14,16H,4-7,13H2,1-3H3,(H2,22,23,24,26)/b11-9+/t14-,16+/m1/s1. The monoisotopic (exact) mass is 404 g/mol. The highest BCUT2D eigenvalue weighted by Gasteiger charge is 2.23. The minimum atomic E-state index is -0.698. The molecule has 3 amide bonds. The van der Waals surface area contributed by atoms with Gasteiger partial charge in [0.1, 0.15) is 0 Å². The SMILES string of the molecule is COc1ccc(/C=C/C(=O)OCC(=O)NC(=O)N[C@H]2CCCC[C@H]2C)cc1OC. The van der Waals surface area contributed by atoms with Crippen LogP contribution in [0.15, 0.2) is 24.3 Å². The highest BCUT2D eigenvalue weighted by Crippen LogP contribution is 2.28. The lowest BCUT2D eigenvalue weighted by atomic mass is 9.86. The third-order valence-electron chi connectivity index (χ3n) is 4.85. The van der Waals surface area contributed by atoms with Crippen LogP contribution < -0.4 is 20.1 Å². The third-order valence-corrected chi connectivity index (χ3v) is 4.85. The minimum absolute atomic E-state index is 0.0588. The molecule has 1 saturated carbocycles. The van der Waals surface area contributed by atoms with Gasteiger partial charge < -0.3 is 19.5 Å². The van der Waals surface area contributed by atoms with Gasteiger partial charge in [-0.2, -0.15) is 0 Å². The van der Waals surface area contributed by atoms with Gasteiger partial charge in [0.15, 0.2) is 18.1 Å². The molecule has 1 aliphatic carbocycles. The quantitative estimate of drug-likeness (QED) is 0.535. The van der Waals surface area contributed by atoms with Crippen LogP contribution in [0.1, 0.15) is 38.2 Å². The van der Waals surface area contributed by atoms with Crippen molar-refractivity contribution >= 4 is 24.0 Å². The number of rotatable bonds is 7. The number of imide groups is 1. The average molecular weight is 404 g/mol. The molecular formula is C21H28N2O6. The number of nitrogens with one attached hydrogen (secondary N) is 2. The first-order valence-electron chi connectivity index (χ1n) is 9.60. The predicted molar refractivity (Wildman–Crippen MR) is 108 cm³/mol. The first kappa shape index (κ1) is 22.3. The second kappa shape index (κ2) is 11.1. The molecule has 0 radical (unpaired) electrons. The normalized spacial score (nSPS) is 18.7. The van der Waals surface area contributed by atoms with E-state index in [1.54, 1.807) is 18.2 Å². The lowest BCUT2D eigenvalue weighted by Gasteiger charge is -2.29. The summed E-state index contributed by atoms with van der Waals surface area (Å²) in [5, 5.41) is 4.99. The highest BCUT2D eigenvalue weighted by atomic mass is 16.5. The Kier molecular flexibility index (Phi) is 8.51. The number of benzene rings is 1. The molecular weight excluding hydrogens is 376 g/mol. The number of carbonyl (C=O) groups is 3. The fraction of sp³-hybridized carbons (Fsp3) is 0.476. The first-order chi connectivity index (χ1) is 13.9. The molecule has 0 unspecified atom stereocenters. The van der Waals surface area contributed by atoms with E-state index in [2.05, 4.69) is 17.6 Å². The Morgan fingerprint density at radius 3 is 2.52 bits per heavy atom. The van der Waals surface area contributed by atoms with Crippen LogP contribution in [-0.2, 0) is 14.3 Å². The van der Waals surface area contributed by atoms with E-state index in [0.29, 0.717) is 23.0 Å². The zero-order valence-corrected chi connectivity index (χ0v) is 17.0. The summed E-state index contributed by atoms with van der Waals surface area (Å²) in [6.07, 6.45) is 6.90. The van der Waals surface area contributed by atoms with Crippen molar-refractivity contribution in [3.05, 3.63) is 29.8 Å². The summed E-state index contributed by atoms with van der Waals surface area (Å²) in [7, 11) is 3.05. The van der Waals surface area contributed by atoms with Gasteiger partial charge in [-0.25, -0.2) is 9.59 Å². The van der Waals surface area contributed by atoms with Crippen LogP contribution in [0.3, 0.4) is 0 Å². The van der Waals surface area contributed by atoms with Crippen LogP contribution in [0.5, 0.6) is 11.5 Å². The molecule has 8 heteroatoms. The van der Waals surface area contributed by atoms with Gasteiger partial charge >= 0.3 is 12.0 Å². The number of ether oxygens (including phenoxy) is 3. The molecule has 158 valence electrons. The molecule has 0 aliphatic heterocycles. The Bertz CT molecular complexity index is 762. The van der Waals surface area contributed by atoms with Crippen molar-refractivity contribution < 1.29 is 28.6 Å². The molecule has 1 fully saturated rings. The van der Waals surface area contributed by atoms with E-state index in [4.69, 9.17) is 14.2 Å². The summed E-state index contributed by atoms with van der Waals surface area (Å²) in [4.78, 5) is 35.5. The van der Waals surface area contributed by atoms with Crippen molar-refractivity contribution in [2.24, 2.45) is 5.92 Å². The van der Waals surface area contributed by atoms with Crippen LogP contribution in [0.2, 0.25) is 0 Å². The van der Waals surface area contributed by atoms with Gasteiger partial charge in [-0.3, -0.25) is 10.1 Å². The minimum Gasteiger partial charge on any atom is -0.493 e. The molecule has 1 aliphatic rings. The summed E-state index contributed by atoms with van der Waals surface area (Å²) in [5.74, 6) is 0.102. The van der Waals surface area contributed by atoms with E-state index in [1.165, 1.54) is 26.4 Å². The maximum absolute atomic E-state index is 11.9. The number of esters is 1. The molecule has 29 heavy (non-hydrogen) atoms. The molecule has 2 rings (SSSR count). The summed E-state index contributed by atoms with van der Waals surface area (Å²) < 4.78 is 15.2. The van der Waals surface area contributed by atoms with Crippen LogP contribution in [0.4, 0.5) is 4.79 Å². The number of amides is 3. The van der Waals surface area contributed by atoms with Gasteiger partial charge in [0, 0.05) is 12.1 Å². The molecule has 0 bridgehead atoms. The number of hydrogen-bond donors (Lipinski definition) is 2. The second-order valence-electron chi connectivity index (χ2n) is 6.95. The first-order valence-corrected chi connectivity index (χ1v) is 9.60. The molecule has 2 N–H and O–H groups in total. The molecule has 0 saturated heterocycles. The molecule has 1 aromatic rings. The van der Waals surface area contributed by atoms with E-state index in [1.807, 2.05) is 0 Å². The Balaban J connectivity index is 1.76. The van der Waals surface area contributed by atoms with Gasteiger partial charge in [0.05, 0.1) is 14.2 Å². The second-order valence-corrected chi connectivity index (χ2v) is 6.95. The zero-order chi connectivity index (χ0) is 21.2. The van der Waals surface area contributed by atoms with E-state index in [0.717, 1.165) is 25.7 Å². The lowest BCUT2D eigenvalue weighted by Crippen LogP contribution is -2.48. The van der Waals surface area contributed by atoms with Crippen LogP contribution in [0, 0.1) is 5.92 Å². The van der Waals surface area contributed by atoms with Gasteiger partial charge in [-0.1, -0.05) is 25.8 Å². The summed E-state index contributed by atoms with van der Waals surface area (Å²) in [6, 6.07) is 4.65. The fourth-order valence-electron chi connectivity index (χ4n) is 3.20. The Hall–Kier alpha value is -3.03. The summed E-state index contributed by atoms with van der Waals surface area (Å²) in [6.45, 7) is 1.54. The van der Waals surface area contributed by atoms with Gasteiger partial charge in [-0.05, 0) is 42.5 Å². The molecule has 0 heterocycles. The maximum Gasteiger partial charge on any atom is 0.331 e. The van der Waals surface area contributed by atoms with Gasteiger partial charge in [-0.15, -0.1) is 0 Å². The van der Waals surface area contributed by atoms with Crippen molar-refractivity contribution in [1.29, 1.82) is 0 Å². The fourth-order valence-corrected chi connectivity index (χ4v) is 3.20. The average Bonchev–Trinajstić information content (AvgIpc) is 2.72. The molecule has 0 spiro atoms. The third kappa shape index (κ3) is 7.14. The highest BCUT2D eigenvalue weighted by molar-refractivity contribution is 5.96. The number of methoxy groups -OCH3 is 2. The van der Waals surface area contributed by atoms with E-state index in [9.17, 15) is 14.4 Å². The zero-order valence-electron chi connectivity index (χ0n) is 17.0. The van der Waals surface area contributed by atoms with E-state index < -0.39 is 24.5 Å². The lowest BCUT2D eigenvalue weighted by molar-refractivity contribution is -0.143. The van der Waals surface area contributed by atoms with E-state index in [-0.39, 0.29) is 6.04 Å². The Morgan fingerprint density at radius 1 is 1.10 bits per heavy atom. The van der Waals surface area contributed by atoms with Crippen molar-refractivity contribution in [3.63, 3.8) is 0 Å². The van der Waals surface area contributed by atoms with Crippen molar-refractivity contribution in [2.75, 3.05) is 20.8 Å². The van der Waals surface area contributed by atoms with Crippen molar-refractivity contribution in [1.82, 2.24) is 10.6 Å². The molecule has 1 aromatic carbocycles.